The van der Waals surface area contributed by atoms with Crippen LogP contribution < -0.4 is 5.32 Å². The van der Waals surface area contributed by atoms with Gasteiger partial charge >= 0.3 is 0 Å². The lowest BCUT2D eigenvalue weighted by atomic mass is 9.71. The highest BCUT2D eigenvalue weighted by Gasteiger charge is 2.41. The molecule has 1 heterocycles. The average molecular weight is 196 g/mol. The Balaban J connectivity index is 1.86. The van der Waals surface area contributed by atoms with Gasteiger partial charge in [-0.05, 0) is 38.6 Å². The van der Waals surface area contributed by atoms with Crippen LogP contribution >= 0.6 is 0 Å². The molecule has 1 N–H and O–H groups in total. The minimum atomic E-state index is 0.290. The molecule has 14 heavy (non-hydrogen) atoms. The van der Waals surface area contributed by atoms with E-state index in [1.54, 1.807) is 4.90 Å². The Morgan fingerprint density at radius 2 is 1.86 bits per heavy atom. The van der Waals surface area contributed by atoms with Crippen molar-refractivity contribution in [2.45, 2.75) is 37.6 Å². The molecular formula is C11H20N2O. The summed E-state index contributed by atoms with van der Waals surface area (Å²) < 4.78 is 0. The van der Waals surface area contributed by atoms with Gasteiger partial charge < -0.3 is 10.2 Å². The molecule has 1 amide bonds. The van der Waals surface area contributed by atoms with Gasteiger partial charge in [0.15, 0.2) is 0 Å². The molecule has 2 aliphatic rings. The second-order valence-electron chi connectivity index (χ2n) is 4.96. The van der Waals surface area contributed by atoms with Gasteiger partial charge in [0.05, 0.1) is 0 Å². The first-order valence-corrected chi connectivity index (χ1v) is 5.59. The van der Waals surface area contributed by atoms with Crippen molar-refractivity contribution in [2.75, 3.05) is 20.6 Å². The van der Waals surface area contributed by atoms with Gasteiger partial charge in [-0.1, -0.05) is 0 Å². The molecule has 0 aromatic heterocycles. The van der Waals surface area contributed by atoms with Crippen molar-refractivity contribution in [3.63, 3.8) is 0 Å². The number of carbonyl (C=O) groups is 1. The summed E-state index contributed by atoms with van der Waals surface area (Å²) in [7, 11) is 3.71. The molecule has 0 bridgehead atoms. The van der Waals surface area contributed by atoms with E-state index in [-0.39, 0.29) is 5.92 Å². The lowest BCUT2D eigenvalue weighted by molar-refractivity contribution is -0.134. The second-order valence-corrected chi connectivity index (χ2v) is 4.96. The molecule has 1 spiro atoms. The van der Waals surface area contributed by atoms with Gasteiger partial charge in [0.1, 0.15) is 0 Å². The van der Waals surface area contributed by atoms with Crippen molar-refractivity contribution in [1.29, 1.82) is 0 Å². The topological polar surface area (TPSA) is 32.3 Å². The van der Waals surface area contributed by atoms with Gasteiger partial charge in [0.2, 0.25) is 5.91 Å². The van der Waals surface area contributed by atoms with Crippen molar-refractivity contribution in [1.82, 2.24) is 10.2 Å². The molecule has 1 saturated heterocycles. The molecule has 1 aliphatic carbocycles. The van der Waals surface area contributed by atoms with Gasteiger partial charge in [0.25, 0.3) is 0 Å². The van der Waals surface area contributed by atoms with Crippen LogP contribution in [0.2, 0.25) is 0 Å². The van der Waals surface area contributed by atoms with Gasteiger partial charge in [-0.2, -0.15) is 0 Å². The third-order valence-corrected chi connectivity index (χ3v) is 3.84. The van der Waals surface area contributed by atoms with E-state index in [1.165, 1.54) is 25.8 Å². The first-order chi connectivity index (χ1) is 6.63. The highest BCUT2D eigenvalue weighted by molar-refractivity contribution is 5.78. The molecule has 0 unspecified atom stereocenters. The van der Waals surface area contributed by atoms with Gasteiger partial charge in [0, 0.05) is 25.6 Å². The van der Waals surface area contributed by atoms with E-state index in [0.717, 1.165) is 12.8 Å². The third kappa shape index (κ3) is 1.65. The fourth-order valence-corrected chi connectivity index (χ4v) is 2.69. The summed E-state index contributed by atoms with van der Waals surface area (Å²) in [5.74, 6) is 0.609. The Morgan fingerprint density at radius 1 is 1.29 bits per heavy atom. The highest BCUT2D eigenvalue weighted by Crippen LogP contribution is 2.38. The number of hydrogen-bond acceptors (Lipinski definition) is 2. The number of nitrogens with zero attached hydrogens (tertiary/aromatic N) is 1. The van der Waals surface area contributed by atoms with Gasteiger partial charge in [-0.25, -0.2) is 0 Å². The maximum atomic E-state index is 11.7. The predicted octanol–water partition coefficient (Wildman–Crippen LogP) is 0.997. The Hall–Kier alpha value is -0.570. The minimum Gasteiger partial charge on any atom is -0.349 e. The summed E-state index contributed by atoms with van der Waals surface area (Å²) in [6.07, 6.45) is 5.85. The van der Waals surface area contributed by atoms with E-state index in [1.807, 2.05) is 14.1 Å². The Bertz CT molecular complexity index is 223. The van der Waals surface area contributed by atoms with Crippen molar-refractivity contribution >= 4 is 5.91 Å². The Kier molecular flexibility index (Phi) is 2.52. The molecule has 0 atom stereocenters. The average Bonchev–Trinajstić information content (AvgIpc) is 2.14. The van der Waals surface area contributed by atoms with Crippen LogP contribution in [-0.2, 0) is 4.79 Å². The van der Waals surface area contributed by atoms with Crippen LogP contribution in [0.1, 0.15) is 32.1 Å². The minimum absolute atomic E-state index is 0.290. The quantitative estimate of drug-likeness (QED) is 0.678. The third-order valence-electron chi connectivity index (χ3n) is 3.84. The molecule has 2 fully saturated rings. The fraction of sp³-hybridized carbons (Fsp3) is 0.909. The Morgan fingerprint density at radius 3 is 2.21 bits per heavy atom. The molecule has 0 aromatic rings. The number of hydrogen-bond donors (Lipinski definition) is 1. The van der Waals surface area contributed by atoms with Crippen molar-refractivity contribution in [3.8, 4) is 0 Å². The Labute approximate surface area is 85.8 Å². The molecule has 1 aliphatic heterocycles. The van der Waals surface area contributed by atoms with E-state index in [9.17, 15) is 4.79 Å². The van der Waals surface area contributed by atoms with E-state index in [4.69, 9.17) is 0 Å². The van der Waals surface area contributed by atoms with Crippen molar-refractivity contribution < 1.29 is 4.79 Å². The van der Waals surface area contributed by atoms with Crippen LogP contribution in [0, 0.1) is 5.92 Å². The molecule has 2 rings (SSSR count). The zero-order valence-electron chi connectivity index (χ0n) is 9.18. The summed E-state index contributed by atoms with van der Waals surface area (Å²) in [4.78, 5) is 13.5. The number of rotatable bonds is 1. The molecule has 0 radical (unpaired) electrons. The van der Waals surface area contributed by atoms with E-state index in [0.29, 0.717) is 11.4 Å². The van der Waals surface area contributed by atoms with Gasteiger partial charge in [-0.3, -0.25) is 4.79 Å². The summed E-state index contributed by atoms with van der Waals surface area (Å²) >= 11 is 0. The fourth-order valence-electron chi connectivity index (χ4n) is 2.69. The maximum Gasteiger partial charge on any atom is 0.225 e. The predicted molar refractivity (Wildman–Crippen MR) is 56.0 cm³/mol. The van der Waals surface area contributed by atoms with Crippen LogP contribution in [0.25, 0.3) is 0 Å². The first-order valence-electron chi connectivity index (χ1n) is 5.59. The van der Waals surface area contributed by atoms with E-state index < -0.39 is 0 Å². The van der Waals surface area contributed by atoms with Crippen LogP contribution in [-0.4, -0.2) is 37.0 Å². The van der Waals surface area contributed by atoms with Crippen LogP contribution in [0.4, 0.5) is 0 Å². The van der Waals surface area contributed by atoms with Crippen LogP contribution in [0.3, 0.4) is 0 Å². The maximum absolute atomic E-state index is 11.7. The van der Waals surface area contributed by atoms with E-state index >= 15 is 0 Å². The molecule has 3 nitrogen and oxygen atoms in total. The SMILES string of the molecule is CN(C)C(=O)C1CCC2(CCN2)CC1. The highest BCUT2D eigenvalue weighted by atomic mass is 16.2. The summed E-state index contributed by atoms with van der Waals surface area (Å²) in [6.45, 7) is 1.17. The number of carbonyl (C=O) groups excluding carboxylic acids is 1. The van der Waals surface area contributed by atoms with E-state index in [2.05, 4.69) is 5.32 Å². The molecule has 3 heteroatoms. The molecule has 1 saturated carbocycles. The van der Waals surface area contributed by atoms with Gasteiger partial charge in [-0.15, -0.1) is 0 Å². The normalized spacial score (nSPS) is 36.6. The largest absolute Gasteiger partial charge is 0.349 e. The summed E-state index contributed by atoms with van der Waals surface area (Å²) in [5, 5.41) is 3.52. The number of nitrogens with one attached hydrogen (secondary N) is 1. The second kappa shape index (κ2) is 3.54. The van der Waals surface area contributed by atoms with Crippen molar-refractivity contribution in [2.24, 2.45) is 5.92 Å². The zero-order valence-corrected chi connectivity index (χ0v) is 9.18. The molecule has 0 aromatic carbocycles. The van der Waals surface area contributed by atoms with Crippen molar-refractivity contribution in [3.05, 3.63) is 0 Å². The lowest BCUT2D eigenvalue weighted by Crippen LogP contribution is -2.59. The zero-order chi connectivity index (χ0) is 10.2. The smallest absolute Gasteiger partial charge is 0.225 e. The van der Waals surface area contributed by atoms with Crippen LogP contribution in [0.15, 0.2) is 0 Å². The lowest BCUT2D eigenvalue weighted by Gasteiger charge is -2.48. The standard InChI is InChI=1S/C11H20N2O/c1-13(2)10(14)9-3-5-11(6-4-9)7-8-12-11/h9,12H,3-8H2,1-2H3. The molecule has 80 valence electrons. The summed E-state index contributed by atoms with van der Waals surface area (Å²) in [5.41, 5.74) is 0.434. The van der Waals surface area contributed by atoms with Crippen LogP contribution in [0.5, 0.6) is 0 Å². The summed E-state index contributed by atoms with van der Waals surface area (Å²) in [6, 6.07) is 0. The first kappa shape index (κ1) is 9.97. The number of amides is 1. The molecular weight excluding hydrogens is 176 g/mol. The monoisotopic (exact) mass is 196 g/mol.